The van der Waals surface area contributed by atoms with E-state index >= 15 is 0 Å². The molecule has 0 fully saturated rings. The Bertz CT molecular complexity index is 1250. The number of halogens is 1. The number of anilines is 1. The molecule has 2 aromatic heterocycles. The molecular formula is C23H20ClN3O2S. The lowest BCUT2D eigenvalue weighted by Crippen LogP contribution is -2.23. The number of aryl methyl sites for hydroxylation is 2. The van der Waals surface area contributed by atoms with Gasteiger partial charge in [-0.15, -0.1) is 11.3 Å². The highest BCUT2D eigenvalue weighted by Crippen LogP contribution is 2.28. The second-order valence-corrected chi connectivity index (χ2v) is 8.77. The second-order valence-electron chi connectivity index (χ2n) is 7.13. The summed E-state index contributed by atoms with van der Waals surface area (Å²) in [6.07, 6.45) is 0. The predicted molar refractivity (Wildman–Crippen MR) is 122 cm³/mol. The number of benzene rings is 2. The van der Waals surface area contributed by atoms with Gasteiger partial charge in [-0.25, -0.2) is 4.98 Å². The maximum absolute atomic E-state index is 13.1. The smallest absolute Gasteiger partial charge is 0.298 e. The van der Waals surface area contributed by atoms with E-state index in [0.29, 0.717) is 22.3 Å². The van der Waals surface area contributed by atoms with Crippen molar-refractivity contribution in [3.63, 3.8) is 0 Å². The van der Waals surface area contributed by atoms with Crippen LogP contribution in [0.2, 0.25) is 5.02 Å². The number of para-hydroxylation sites is 1. The summed E-state index contributed by atoms with van der Waals surface area (Å²) in [6.45, 7) is 6.24. The minimum atomic E-state index is -0.679. The number of nitrogens with zero attached hydrogens (tertiary/aromatic N) is 2. The Morgan fingerprint density at radius 3 is 2.43 bits per heavy atom. The fraction of sp³-hybridized carbons (Fsp3) is 0.174. The minimum absolute atomic E-state index is 0.419. The van der Waals surface area contributed by atoms with E-state index in [9.17, 15) is 9.59 Å². The van der Waals surface area contributed by atoms with Crippen molar-refractivity contribution in [2.45, 2.75) is 27.3 Å². The first kappa shape index (κ1) is 20.3. The molecule has 0 saturated carbocycles. The monoisotopic (exact) mass is 437 g/mol. The molecular weight excluding hydrogens is 418 g/mol. The van der Waals surface area contributed by atoms with Crippen molar-refractivity contribution in [2.24, 2.45) is 0 Å². The lowest BCUT2D eigenvalue weighted by atomic mass is 10.1. The minimum Gasteiger partial charge on any atom is -0.340 e. The number of carbonyl (C=O) groups excluding carboxylic acids is 2. The molecule has 0 bridgehead atoms. The molecule has 0 radical (unpaired) electrons. The molecule has 30 heavy (non-hydrogen) atoms. The fourth-order valence-corrected chi connectivity index (χ4v) is 4.42. The predicted octanol–water partition coefficient (Wildman–Crippen LogP) is 5.55. The van der Waals surface area contributed by atoms with Gasteiger partial charge in [0, 0.05) is 33.0 Å². The Morgan fingerprint density at radius 1 is 1.07 bits per heavy atom. The van der Waals surface area contributed by atoms with Gasteiger partial charge in [0.15, 0.2) is 5.13 Å². The third kappa shape index (κ3) is 3.76. The van der Waals surface area contributed by atoms with E-state index in [-0.39, 0.29) is 0 Å². The molecule has 0 spiro atoms. The van der Waals surface area contributed by atoms with Crippen LogP contribution in [0.4, 0.5) is 5.13 Å². The maximum atomic E-state index is 13.1. The van der Waals surface area contributed by atoms with E-state index < -0.39 is 11.7 Å². The SMILES string of the molecule is Cc1nc(NC(=O)C(=O)c2c(C)n(Cc3ccc(Cl)cc3)c3ccccc23)sc1C. The van der Waals surface area contributed by atoms with Gasteiger partial charge in [0.25, 0.3) is 11.7 Å². The molecule has 4 rings (SSSR count). The normalized spacial score (nSPS) is 11.1. The highest BCUT2D eigenvalue weighted by molar-refractivity contribution is 7.15. The number of hydrogen-bond acceptors (Lipinski definition) is 4. The summed E-state index contributed by atoms with van der Waals surface area (Å²) in [6, 6.07) is 15.2. The molecule has 2 aromatic carbocycles. The van der Waals surface area contributed by atoms with Gasteiger partial charge in [-0.3, -0.25) is 14.9 Å². The summed E-state index contributed by atoms with van der Waals surface area (Å²) in [7, 11) is 0. The summed E-state index contributed by atoms with van der Waals surface area (Å²) in [5.41, 5.74) is 3.97. The maximum Gasteiger partial charge on any atom is 0.298 e. The van der Waals surface area contributed by atoms with E-state index in [2.05, 4.69) is 14.9 Å². The van der Waals surface area contributed by atoms with E-state index in [1.807, 2.05) is 69.3 Å². The second kappa shape index (κ2) is 8.05. The fourth-order valence-electron chi connectivity index (χ4n) is 3.49. The largest absolute Gasteiger partial charge is 0.340 e. The van der Waals surface area contributed by atoms with Crippen molar-refractivity contribution in [3.8, 4) is 0 Å². The number of Topliss-reactive ketones (excluding diaryl/α,β-unsaturated/α-hetero) is 1. The van der Waals surface area contributed by atoms with Crippen molar-refractivity contribution in [1.82, 2.24) is 9.55 Å². The van der Waals surface area contributed by atoms with Gasteiger partial charge in [-0.1, -0.05) is 41.9 Å². The van der Waals surface area contributed by atoms with E-state index in [4.69, 9.17) is 11.6 Å². The van der Waals surface area contributed by atoms with Crippen LogP contribution in [-0.2, 0) is 11.3 Å². The van der Waals surface area contributed by atoms with E-state index in [1.165, 1.54) is 11.3 Å². The third-order valence-corrected chi connectivity index (χ3v) is 6.41. The number of hydrogen-bond donors (Lipinski definition) is 1. The zero-order valence-corrected chi connectivity index (χ0v) is 18.4. The van der Waals surface area contributed by atoms with E-state index in [1.54, 1.807) is 0 Å². The molecule has 2 heterocycles. The molecule has 0 aliphatic carbocycles. The van der Waals surface area contributed by atoms with Crippen molar-refractivity contribution in [3.05, 3.63) is 80.9 Å². The standard InChI is InChI=1S/C23H20ClN3O2S/c1-13-15(3)30-23(25-13)26-22(29)21(28)20-14(2)27(19-7-5-4-6-18(19)20)12-16-8-10-17(24)11-9-16/h4-11H,12H2,1-3H3,(H,25,26,29). The first-order valence-electron chi connectivity index (χ1n) is 9.47. The lowest BCUT2D eigenvalue weighted by Gasteiger charge is -2.09. The van der Waals surface area contributed by atoms with Crippen LogP contribution in [0, 0.1) is 20.8 Å². The number of amides is 1. The van der Waals surface area contributed by atoms with Crippen LogP contribution in [-0.4, -0.2) is 21.2 Å². The van der Waals surface area contributed by atoms with Crippen molar-refractivity contribution < 1.29 is 9.59 Å². The average molecular weight is 438 g/mol. The van der Waals surface area contributed by atoms with Gasteiger partial charge in [0.05, 0.1) is 11.3 Å². The summed E-state index contributed by atoms with van der Waals surface area (Å²) >= 11 is 7.36. The molecule has 0 saturated heterocycles. The number of rotatable bonds is 5. The first-order valence-corrected chi connectivity index (χ1v) is 10.7. The van der Waals surface area contributed by atoms with Crippen molar-refractivity contribution >= 4 is 50.7 Å². The average Bonchev–Trinajstić information content (AvgIpc) is 3.18. The van der Waals surface area contributed by atoms with Crippen molar-refractivity contribution in [1.29, 1.82) is 0 Å². The Balaban J connectivity index is 1.71. The lowest BCUT2D eigenvalue weighted by molar-refractivity contribution is -0.112. The van der Waals surface area contributed by atoms with Gasteiger partial charge in [-0.05, 0) is 44.5 Å². The summed E-state index contributed by atoms with van der Waals surface area (Å²) < 4.78 is 2.05. The Labute approximate surface area is 183 Å². The summed E-state index contributed by atoms with van der Waals surface area (Å²) in [5.74, 6) is -1.25. The number of fused-ring (bicyclic) bond motifs is 1. The van der Waals surface area contributed by atoms with E-state index in [0.717, 1.165) is 32.7 Å². The molecule has 0 atom stereocenters. The van der Waals surface area contributed by atoms with Gasteiger partial charge in [-0.2, -0.15) is 0 Å². The summed E-state index contributed by atoms with van der Waals surface area (Å²) in [5, 5.41) is 4.52. The van der Waals surface area contributed by atoms with Crippen molar-refractivity contribution in [2.75, 3.05) is 5.32 Å². The molecule has 1 N–H and O–H groups in total. The molecule has 5 nitrogen and oxygen atoms in total. The van der Waals surface area contributed by atoms with Gasteiger partial charge < -0.3 is 4.57 Å². The quantitative estimate of drug-likeness (QED) is 0.329. The van der Waals surface area contributed by atoms with Gasteiger partial charge in [0.2, 0.25) is 0 Å². The molecule has 152 valence electrons. The molecule has 0 aliphatic rings. The molecule has 1 amide bonds. The molecule has 4 aromatic rings. The number of ketones is 1. The highest BCUT2D eigenvalue weighted by Gasteiger charge is 2.26. The topological polar surface area (TPSA) is 64.0 Å². The Morgan fingerprint density at radius 2 is 1.77 bits per heavy atom. The first-order chi connectivity index (χ1) is 14.3. The molecule has 7 heteroatoms. The zero-order valence-electron chi connectivity index (χ0n) is 16.8. The Hall–Kier alpha value is -2.96. The zero-order chi connectivity index (χ0) is 21.4. The van der Waals surface area contributed by atoms with Crippen LogP contribution < -0.4 is 5.32 Å². The van der Waals surface area contributed by atoms with Crippen LogP contribution in [0.3, 0.4) is 0 Å². The number of aromatic nitrogens is 2. The van der Waals surface area contributed by atoms with Crippen LogP contribution in [0.25, 0.3) is 10.9 Å². The molecule has 0 aliphatic heterocycles. The third-order valence-electron chi connectivity index (χ3n) is 5.17. The molecule has 0 unspecified atom stereocenters. The van der Waals surface area contributed by atoms with Crippen LogP contribution in [0.5, 0.6) is 0 Å². The number of carbonyl (C=O) groups is 2. The van der Waals surface area contributed by atoms with Crippen LogP contribution in [0.15, 0.2) is 48.5 Å². The van der Waals surface area contributed by atoms with Gasteiger partial charge >= 0.3 is 0 Å². The highest BCUT2D eigenvalue weighted by atomic mass is 35.5. The summed E-state index contributed by atoms with van der Waals surface area (Å²) in [4.78, 5) is 31.1. The van der Waals surface area contributed by atoms with Gasteiger partial charge in [0.1, 0.15) is 0 Å². The Kier molecular flexibility index (Phi) is 5.45. The van der Waals surface area contributed by atoms with Crippen LogP contribution >= 0.6 is 22.9 Å². The van der Waals surface area contributed by atoms with Crippen LogP contribution in [0.1, 0.15) is 32.2 Å². The number of nitrogens with one attached hydrogen (secondary N) is 1. The number of thiazole rings is 1.